The van der Waals surface area contributed by atoms with Crippen LogP contribution in [-0.4, -0.2) is 9.38 Å². The Balaban J connectivity index is 1.99. The van der Waals surface area contributed by atoms with E-state index in [9.17, 15) is 0 Å². The summed E-state index contributed by atoms with van der Waals surface area (Å²) in [6.45, 7) is 2.06. The maximum absolute atomic E-state index is 6.38. The minimum Gasteiger partial charge on any atom is -0.383 e. The van der Waals surface area contributed by atoms with Crippen molar-refractivity contribution in [2.45, 2.75) is 25.7 Å². The van der Waals surface area contributed by atoms with Gasteiger partial charge in [-0.1, -0.05) is 24.3 Å². The van der Waals surface area contributed by atoms with E-state index in [-0.39, 0.29) is 0 Å². The number of pyridine rings is 1. The summed E-state index contributed by atoms with van der Waals surface area (Å²) in [5.41, 5.74) is 11.9. The van der Waals surface area contributed by atoms with Crippen LogP contribution in [0.4, 0.5) is 5.82 Å². The number of anilines is 1. The van der Waals surface area contributed by atoms with Crippen LogP contribution in [0.5, 0.6) is 0 Å². The van der Waals surface area contributed by atoms with Crippen LogP contribution >= 0.6 is 15.9 Å². The molecule has 2 aromatic heterocycles. The Kier molecular flexibility index (Phi) is 2.82. The van der Waals surface area contributed by atoms with Gasteiger partial charge in [0, 0.05) is 16.2 Å². The van der Waals surface area contributed by atoms with Crippen LogP contribution in [0.3, 0.4) is 0 Å². The topological polar surface area (TPSA) is 43.3 Å². The normalized spacial score (nSPS) is 14.8. The van der Waals surface area contributed by atoms with Gasteiger partial charge in [0.2, 0.25) is 0 Å². The first-order valence-corrected chi connectivity index (χ1v) is 7.97. The van der Waals surface area contributed by atoms with Crippen molar-refractivity contribution >= 4 is 27.4 Å². The quantitative estimate of drug-likeness (QED) is 0.743. The molecule has 0 atom stereocenters. The molecule has 1 aromatic carbocycles. The number of rotatable bonds is 2. The van der Waals surface area contributed by atoms with Gasteiger partial charge in [-0.25, -0.2) is 4.98 Å². The van der Waals surface area contributed by atoms with Gasteiger partial charge in [0.05, 0.1) is 0 Å². The molecular weight excluding hydrogens is 326 g/mol. The molecule has 0 saturated heterocycles. The highest BCUT2D eigenvalue weighted by Gasteiger charge is 2.27. The third-order valence-corrected chi connectivity index (χ3v) is 4.57. The first-order valence-electron chi connectivity index (χ1n) is 7.18. The van der Waals surface area contributed by atoms with Gasteiger partial charge in [-0.05, 0) is 58.8 Å². The molecule has 1 aliphatic carbocycles. The second-order valence-electron chi connectivity index (χ2n) is 5.74. The van der Waals surface area contributed by atoms with Gasteiger partial charge in [-0.15, -0.1) is 0 Å². The summed E-state index contributed by atoms with van der Waals surface area (Å²) < 4.78 is 2.98. The monoisotopic (exact) mass is 341 g/mol. The van der Waals surface area contributed by atoms with Gasteiger partial charge in [0.15, 0.2) is 0 Å². The number of hydrogen-bond donors (Lipinski definition) is 1. The zero-order chi connectivity index (χ0) is 14.6. The molecule has 4 rings (SSSR count). The summed E-state index contributed by atoms with van der Waals surface area (Å²) in [7, 11) is 0. The van der Waals surface area contributed by atoms with Crippen molar-refractivity contribution in [2.75, 3.05) is 5.73 Å². The van der Waals surface area contributed by atoms with Gasteiger partial charge >= 0.3 is 0 Å². The largest absolute Gasteiger partial charge is 0.383 e. The number of fused-ring (bicyclic) bond motifs is 1. The Morgan fingerprint density at radius 3 is 2.81 bits per heavy atom. The van der Waals surface area contributed by atoms with E-state index in [0.29, 0.717) is 11.7 Å². The summed E-state index contributed by atoms with van der Waals surface area (Å²) in [5.74, 6) is 1.39. The zero-order valence-electron chi connectivity index (χ0n) is 11.8. The highest BCUT2D eigenvalue weighted by molar-refractivity contribution is 9.10. The van der Waals surface area contributed by atoms with E-state index < -0.39 is 0 Å². The molecule has 21 heavy (non-hydrogen) atoms. The number of hydrogen-bond acceptors (Lipinski definition) is 2. The first-order chi connectivity index (χ1) is 10.1. The number of aromatic nitrogens is 2. The van der Waals surface area contributed by atoms with E-state index in [2.05, 4.69) is 53.2 Å². The van der Waals surface area contributed by atoms with Crippen molar-refractivity contribution in [3.63, 3.8) is 0 Å². The van der Waals surface area contributed by atoms with E-state index in [1.54, 1.807) is 0 Å². The second kappa shape index (κ2) is 4.60. The summed E-state index contributed by atoms with van der Waals surface area (Å²) in [6.07, 6.45) is 4.53. The van der Waals surface area contributed by atoms with Crippen LogP contribution < -0.4 is 5.73 Å². The number of halogens is 1. The Morgan fingerprint density at radius 2 is 2.05 bits per heavy atom. The molecule has 106 valence electrons. The van der Waals surface area contributed by atoms with Gasteiger partial charge < -0.3 is 5.73 Å². The molecule has 0 spiro atoms. The summed E-state index contributed by atoms with van der Waals surface area (Å²) in [4.78, 5) is 4.81. The first kappa shape index (κ1) is 12.9. The Hall–Kier alpha value is -1.81. The van der Waals surface area contributed by atoms with Crippen LogP contribution in [0.2, 0.25) is 0 Å². The van der Waals surface area contributed by atoms with Gasteiger partial charge in [0.25, 0.3) is 0 Å². The van der Waals surface area contributed by atoms with Crippen LogP contribution in [0.25, 0.3) is 16.9 Å². The summed E-state index contributed by atoms with van der Waals surface area (Å²) >= 11 is 3.53. The lowest BCUT2D eigenvalue weighted by Crippen LogP contribution is -1.96. The van der Waals surface area contributed by atoms with E-state index in [1.807, 2.05) is 10.6 Å². The fraction of sp³-hybridized carbons (Fsp3) is 0.235. The lowest BCUT2D eigenvalue weighted by Gasteiger charge is -2.06. The van der Waals surface area contributed by atoms with Gasteiger partial charge in [-0.3, -0.25) is 4.40 Å². The third kappa shape index (κ3) is 2.05. The third-order valence-electron chi connectivity index (χ3n) is 4.14. The number of benzene rings is 1. The van der Waals surface area contributed by atoms with Gasteiger partial charge in [0.1, 0.15) is 17.2 Å². The number of nitrogens with two attached hydrogens (primary N) is 1. The minimum absolute atomic E-state index is 0.679. The molecule has 1 saturated carbocycles. The summed E-state index contributed by atoms with van der Waals surface area (Å²) in [6, 6.07) is 10.6. The minimum atomic E-state index is 0.679. The van der Waals surface area contributed by atoms with Crippen molar-refractivity contribution in [2.24, 2.45) is 0 Å². The number of imidazole rings is 1. The molecule has 0 bridgehead atoms. The van der Waals surface area contributed by atoms with Crippen molar-refractivity contribution in [1.82, 2.24) is 9.38 Å². The molecule has 3 aromatic rings. The van der Waals surface area contributed by atoms with E-state index in [0.717, 1.165) is 21.4 Å². The SMILES string of the molecule is Cc1cc(Br)cn2c(N)c(-c3ccccc3C3CC3)nc12. The molecule has 1 aliphatic rings. The predicted molar refractivity (Wildman–Crippen MR) is 89.5 cm³/mol. The molecule has 2 N–H and O–H groups in total. The second-order valence-corrected chi connectivity index (χ2v) is 6.66. The van der Waals surface area contributed by atoms with Crippen molar-refractivity contribution < 1.29 is 0 Å². The maximum Gasteiger partial charge on any atom is 0.142 e. The molecule has 3 nitrogen and oxygen atoms in total. The average molecular weight is 342 g/mol. The molecule has 0 radical (unpaired) electrons. The highest BCUT2D eigenvalue weighted by atomic mass is 79.9. The highest BCUT2D eigenvalue weighted by Crippen LogP contribution is 2.45. The van der Waals surface area contributed by atoms with E-state index >= 15 is 0 Å². The van der Waals surface area contributed by atoms with Crippen molar-refractivity contribution in [3.8, 4) is 11.3 Å². The van der Waals surface area contributed by atoms with Gasteiger partial charge in [-0.2, -0.15) is 0 Å². The molecular formula is C17H16BrN3. The molecule has 0 amide bonds. The van der Waals surface area contributed by atoms with E-state index in [4.69, 9.17) is 10.7 Å². The Bertz CT molecular complexity index is 847. The Labute approximate surface area is 131 Å². The number of aryl methyl sites for hydroxylation is 1. The summed E-state index contributed by atoms with van der Waals surface area (Å²) in [5, 5.41) is 0. The number of nitrogen functional groups attached to an aromatic ring is 1. The predicted octanol–water partition coefficient (Wildman–Crippen LogP) is 4.53. The number of nitrogens with zero attached hydrogens (tertiary/aromatic N) is 2. The lowest BCUT2D eigenvalue weighted by atomic mass is 10.0. The molecule has 2 heterocycles. The average Bonchev–Trinajstić information content (AvgIpc) is 3.25. The fourth-order valence-electron chi connectivity index (χ4n) is 2.95. The van der Waals surface area contributed by atoms with Crippen molar-refractivity contribution in [3.05, 3.63) is 52.1 Å². The van der Waals surface area contributed by atoms with Crippen LogP contribution in [-0.2, 0) is 0 Å². The van der Waals surface area contributed by atoms with Crippen LogP contribution in [0, 0.1) is 6.92 Å². The molecule has 0 aliphatic heterocycles. The molecule has 1 fully saturated rings. The molecule has 0 unspecified atom stereocenters. The fourth-order valence-corrected chi connectivity index (χ4v) is 3.50. The Morgan fingerprint density at radius 1 is 1.29 bits per heavy atom. The van der Waals surface area contributed by atoms with E-state index in [1.165, 1.54) is 24.0 Å². The zero-order valence-corrected chi connectivity index (χ0v) is 13.4. The van der Waals surface area contributed by atoms with Crippen LogP contribution in [0.15, 0.2) is 41.0 Å². The smallest absolute Gasteiger partial charge is 0.142 e. The van der Waals surface area contributed by atoms with Crippen LogP contribution in [0.1, 0.15) is 29.9 Å². The lowest BCUT2D eigenvalue weighted by molar-refractivity contribution is 1.13. The standard InChI is InChI=1S/C17H16BrN3/c1-10-8-12(18)9-21-16(19)15(20-17(10)21)14-5-3-2-4-13(14)11-6-7-11/h2-5,8-9,11H,6-7,19H2,1H3. The molecule has 4 heteroatoms. The maximum atomic E-state index is 6.38. The van der Waals surface area contributed by atoms with Crippen molar-refractivity contribution in [1.29, 1.82) is 0 Å².